The highest BCUT2D eigenvalue weighted by molar-refractivity contribution is 5.19. The molecule has 0 aliphatic rings. The van der Waals surface area contributed by atoms with Gasteiger partial charge in [0.15, 0.2) is 0 Å². The van der Waals surface area contributed by atoms with E-state index >= 15 is 0 Å². The van der Waals surface area contributed by atoms with Crippen LogP contribution in [0.25, 0.3) is 0 Å². The zero-order valence-electron chi connectivity index (χ0n) is 8.62. The zero-order chi connectivity index (χ0) is 9.84. The molecule has 0 spiro atoms. The van der Waals surface area contributed by atoms with E-state index in [2.05, 4.69) is 18.9 Å². The minimum absolute atomic E-state index is 0.352. The van der Waals surface area contributed by atoms with E-state index in [0.29, 0.717) is 0 Å². The molecule has 1 aromatic rings. The lowest BCUT2D eigenvalue weighted by Gasteiger charge is -2.05. The third-order valence-electron chi connectivity index (χ3n) is 2.28. The van der Waals surface area contributed by atoms with Gasteiger partial charge in [-0.25, -0.2) is 0 Å². The second-order valence-corrected chi connectivity index (χ2v) is 3.16. The largest absolute Gasteiger partial charge is 0.388 e. The molecular formula is C10H18N2O. The monoisotopic (exact) mass is 182 g/mol. The van der Waals surface area contributed by atoms with Crippen LogP contribution >= 0.6 is 0 Å². The van der Waals surface area contributed by atoms with Crippen molar-refractivity contribution in [1.82, 2.24) is 9.78 Å². The quantitative estimate of drug-likeness (QED) is 0.772. The van der Waals surface area contributed by atoms with Crippen LogP contribution in [0.5, 0.6) is 0 Å². The SMILES string of the molecule is CCc1nn(CC)cc1C(O)CC. The minimum Gasteiger partial charge on any atom is -0.388 e. The van der Waals surface area contributed by atoms with E-state index in [1.54, 1.807) is 0 Å². The van der Waals surface area contributed by atoms with Gasteiger partial charge >= 0.3 is 0 Å². The lowest BCUT2D eigenvalue weighted by atomic mass is 10.1. The zero-order valence-corrected chi connectivity index (χ0v) is 8.62. The van der Waals surface area contributed by atoms with Crippen LogP contribution in [0, 0.1) is 0 Å². The summed E-state index contributed by atoms with van der Waals surface area (Å²) in [6, 6.07) is 0. The second kappa shape index (κ2) is 4.42. The van der Waals surface area contributed by atoms with Gasteiger partial charge in [-0.15, -0.1) is 0 Å². The summed E-state index contributed by atoms with van der Waals surface area (Å²) in [5.41, 5.74) is 2.02. The minimum atomic E-state index is -0.352. The molecule has 1 heterocycles. The van der Waals surface area contributed by atoms with Crippen molar-refractivity contribution in [3.8, 4) is 0 Å². The highest BCUT2D eigenvalue weighted by Crippen LogP contribution is 2.20. The lowest BCUT2D eigenvalue weighted by Crippen LogP contribution is -1.97. The molecule has 0 radical (unpaired) electrons. The van der Waals surface area contributed by atoms with Crippen LogP contribution in [0.2, 0.25) is 0 Å². The molecule has 1 rings (SSSR count). The number of aliphatic hydroxyl groups is 1. The van der Waals surface area contributed by atoms with E-state index in [4.69, 9.17) is 0 Å². The molecule has 1 unspecified atom stereocenters. The predicted molar refractivity (Wildman–Crippen MR) is 52.5 cm³/mol. The fourth-order valence-corrected chi connectivity index (χ4v) is 1.41. The van der Waals surface area contributed by atoms with Crippen LogP contribution in [0.15, 0.2) is 6.20 Å². The molecule has 0 saturated carbocycles. The van der Waals surface area contributed by atoms with Crippen LogP contribution in [-0.4, -0.2) is 14.9 Å². The van der Waals surface area contributed by atoms with Gasteiger partial charge in [-0.2, -0.15) is 5.10 Å². The number of nitrogens with zero attached hydrogens (tertiary/aromatic N) is 2. The van der Waals surface area contributed by atoms with Crippen LogP contribution in [-0.2, 0) is 13.0 Å². The molecule has 1 atom stereocenters. The summed E-state index contributed by atoms with van der Waals surface area (Å²) in [5.74, 6) is 0. The van der Waals surface area contributed by atoms with E-state index in [1.807, 2.05) is 17.8 Å². The molecule has 1 N–H and O–H groups in total. The molecule has 0 amide bonds. The first-order valence-corrected chi connectivity index (χ1v) is 4.97. The Hall–Kier alpha value is -0.830. The first-order chi connectivity index (χ1) is 6.22. The Labute approximate surface area is 79.4 Å². The first kappa shape index (κ1) is 10.3. The van der Waals surface area contributed by atoms with Crippen molar-refractivity contribution >= 4 is 0 Å². The Morgan fingerprint density at radius 2 is 2.15 bits per heavy atom. The van der Waals surface area contributed by atoms with Crippen molar-refractivity contribution in [2.24, 2.45) is 0 Å². The maximum atomic E-state index is 9.70. The van der Waals surface area contributed by atoms with Gasteiger partial charge in [0, 0.05) is 18.3 Å². The summed E-state index contributed by atoms with van der Waals surface area (Å²) >= 11 is 0. The maximum absolute atomic E-state index is 9.70. The number of aliphatic hydroxyl groups excluding tert-OH is 1. The molecule has 1 aromatic heterocycles. The predicted octanol–water partition coefficient (Wildman–Crippen LogP) is 1.91. The van der Waals surface area contributed by atoms with E-state index in [-0.39, 0.29) is 6.10 Å². The summed E-state index contributed by atoms with van der Waals surface area (Å²) in [6.45, 7) is 6.96. The normalized spacial score (nSPS) is 13.2. The van der Waals surface area contributed by atoms with Crippen LogP contribution < -0.4 is 0 Å². The van der Waals surface area contributed by atoms with Gasteiger partial charge in [-0.05, 0) is 19.8 Å². The van der Waals surface area contributed by atoms with Crippen molar-refractivity contribution in [2.45, 2.75) is 46.3 Å². The molecule has 3 heteroatoms. The van der Waals surface area contributed by atoms with Gasteiger partial charge in [0.1, 0.15) is 0 Å². The van der Waals surface area contributed by atoms with Gasteiger partial charge in [-0.1, -0.05) is 13.8 Å². The molecule has 0 saturated heterocycles. The molecule has 0 bridgehead atoms. The van der Waals surface area contributed by atoms with Crippen LogP contribution in [0.3, 0.4) is 0 Å². The van der Waals surface area contributed by atoms with E-state index in [9.17, 15) is 5.11 Å². The average molecular weight is 182 g/mol. The molecule has 0 aliphatic carbocycles. The van der Waals surface area contributed by atoms with Gasteiger partial charge in [0.25, 0.3) is 0 Å². The van der Waals surface area contributed by atoms with Crippen molar-refractivity contribution in [3.63, 3.8) is 0 Å². The summed E-state index contributed by atoms with van der Waals surface area (Å²) in [4.78, 5) is 0. The topological polar surface area (TPSA) is 38.0 Å². The highest BCUT2D eigenvalue weighted by atomic mass is 16.3. The van der Waals surface area contributed by atoms with Gasteiger partial charge in [0.05, 0.1) is 11.8 Å². The van der Waals surface area contributed by atoms with Crippen molar-refractivity contribution < 1.29 is 5.11 Å². The fourth-order valence-electron chi connectivity index (χ4n) is 1.41. The van der Waals surface area contributed by atoms with Crippen molar-refractivity contribution in [3.05, 3.63) is 17.5 Å². The van der Waals surface area contributed by atoms with E-state index in [1.165, 1.54) is 0 Å². The average Bonchev–Trinajstić information content (AvgIpc) is 2.59. The third-order valence-corrected chi connectivity index (χ3v) is 2.28. The van der Waals surface area contributed by atoms with Crippen LogP contribution in [0.4, 0.5) is 0 Å². The Balaban J connectivity index is 2.96. The summed E-state index contributed by atoms with van der Waals surface area (Å²) < 4.78 is 1.88. The van der Waals surface area contributed by atoms with Crippen molar-refractivity contribution in [1.29, 1.82) is 0 Å². The van der Waals surface area contributed by atoms with E-state index in [0.717, 1.165) is 30.6 Å². The van der Waals surface area contributed by atoms with Gasteiger partial charge < -0.3 is 5.11 Å². The van der Waals surface area contributed by atoms with Crippen LogP contribution in [0.1, 0.15) is 44.6 Å². The Morgan fingerprint density at radius 3 is 2.62 bits per heavy atom. The molecule has 0 fully saturated rings. The number of aromatic nitrogens is 2. The summed E-state index contributed by atoms with van der Waals surface area (Å²) in [7, 11) is 0. The fraction of sp³-hybridized carbons (Fsp3) is 0.700. The van der Waals surface area contributed by atoms with E-state index < -0.39 is 0 Å². The van der Waals surface area contributed by atoms with Gasteiger partial charge in [-0.3, -0.25) is 4.68 Å². The molecule has 74 valence electrons. The van der Waals surface area contributed by atoms with Gasteiger partial charge in [0.2, 0.25) is 0 Å². The third kappa shape index (κ3) is 2.10. The molecule has 0 aliphatic heterocycles. The lowest BCUT2D eigenvalue weighted by molar-refractivity contribution is 0.172. The Kier molecular flexibility index (Phi) is 3.48. The molecular weight excluding hydrogens is 164 g/mol. The molecule has 0 aromatic carbocycles. The summed E-state index contributed by atoms with van der Waals surface area (Å²) in [6.07, 6.45) is 3.24. The standard InChI is InChI=1S/C10H18N2O/c1-4-9-8(10(13)5-2)7-12(6-3)11-9/h7,10,13H,4-6H2,1-3H3. The highest BCUT2D eigenvalue weighted by Gasteiger charge is 2.13. The Bertz CT molecular complexity index is 268. The second-order valence-electron chi connectivity index (χ2n) is 3.16. The maximum Gasteiger partial charge on any atom is 0.0820 e. The number of hydrogen-bond acceptors (Lipinski definition) is 2. The molecule has 3 nitrogen and oxygen atoms in total. The summed E-state index contributed by atoms with van der Waals surface area (Å²) in [5, 5.41) is 14.1. The van der Waals surface area contributed by atoms with Crippen molar-refractivity contribution in [2.75, 3.05) is 0 Å². The number of rotatable bonds is 4. The molecule has 13 heavy (non-hydrogen) atoms. The Morgan fingerprint density at radius 1 is 1.46 bits per heavy atom. The first-order valence-electron chi connectivity index (χ1n) is 4.97. The smallest absolute Gasteiger partial charge is 0.0820 e. The number of aryl methyl sites for hydroxylation is 2. The number of hydrogen-bond donors (Lipinski definition) is 1.